The minimum Gasteiger partial charge on any atom is -0.444 e. The van der Waals surface area contributed by atoms with Gasteiger partial charge in [0.2, 0.25) is 0 Å². The summed E-state index contributed by atoms with van der Waals surface area (Å²) in [5, 5.41) is 0. The lowest BCUT2D eigenvalue weighted by atomic mass is 9.98. The third kappa shape index (κ3) is 4.45. The largest absolute Gasteiger partial charge is 0.444 e. The lowest BCUT2D eigenvalue weighted by molar-refractivity contribution is 0.0224. The van der Waals surface area contributed by atoms with Crippen molar-refractivity contribution >= 4 is 11.8 Å². The molecule has 154 valence electrons. The van der Waals surface area contributed by atoms with Crippen LogP contribution in [0.2, 0.25) is 0 Å². The molecule has 2 aliphatic heterocycles. The normalized spacial score (nSPS) is 21.7. The second-order valence-electron chi connectivity index (χ2n) is 9.57. The Hall–Kier alpha value is -1.75. The van der Waals surface area contributed by atoms with Crippen LogP contribution >= 0.6 is 0 Å². The van der Waals surface area contributed by atoms with Gasteiger partial charge >= 0.3 is 6.09 Å². The lowest BCUT2D eigenvalue weighted by Gasteiger charge is -2.39. The summed E-state index contributed by atoms with van der Waals surface area (Å²) in [6, 6.07) is 7.64. The average molecular weight is 386 g/mol. The molecule has 0 N–H and O–H groups in total. The Balaban J connectivity index is 1.36. The van der Waals surface area contributed by atoms with Gasteiger partial charge in [-0.2, -0.15) is 0 Å². The van der Waals surface area contributed by atoms with E-state index in [1.807, 2.05) is 25.7 Å². The summed E-state index contributed by atoms with van der Waals surface area (Å²) >= 11 is 0. The average Bonchev–Trinajstić information content (AvgIpc) is 3.21. The maximum absolute atomic E-state index is 12.4. The van der Waals surface area contributed by atoms with Crippen molar-refractivity contribution in [1.82, 2.24) is 9.80 Å². The first-order chi connectivity index (χ1) is 13.4. The van der Waals surface area contributed by atoms with E-state index in [-0.39, 0.29) is 6.09 Å². The number of piperazine rings is 1. The number of anilines is 1. The Morgan fingerprint density at radius 3 is 2.39 bits per heavy atom. The maximum atomic E-state index is 12.4. The van der Waals surface area contributed by atoms with E-state index < -0.39 is 5.60 Å². The van der Waals surface area contributed by atoms with Crippen molar-refractivity contribution in [2.75, 3.05) is 37.6 Å². The summed E-state index contributed by atoms with van der Waals surface area (Å²) in [5.41, 5.74) is 3.54. The monoisotopic (exact) mass is 385 g/mol. The Morgan fingerprint density at radius 2 is 1.71 bits per heavy atom. The molecule has 1 aromatic carbocycles. The number of carbonyl (C=O) groups excluding carboxylic acids is 1. The molecule has 1 aliphatic carbocycles. The molecule has 0 radical (unpaired) electrons. The summed E-state index contributed by atoms with van der Waals surface area (Å²) in [7, 11) is 0. The van der Waals surface area contributed by atoms with E-state index >= 15 is 0 Å². The molecular formula is C23H35N3O2. The van der Waals surface area contributed by atoms with Gasteiger partial charge in [0, 0.05) is 51.0 Å². The third-order valence-corrected chi connectivity index (χ3v) is 6.37. The minimum atomic E-state index is -0.443. The van der Waals surface area contributed by atoms with Gasteiger partial charge in [-0.3, -0.25) is 4.90 Å². The Morgan fingerprint density at radius 1 is 1.00 bits per heavy atom. The first-order valence-corrected chi connectivity index (χ1v) is 11.0. The molecule has 0 unspecified atom stereocenters. The van der Waals surface area contributed by atoms with E-state index in [1.54, 1.807) is 0 Å². The molecule has 0 spiro atoms. The van der Waals surface area contributed by atoms with Crippen molar-refractivity contribution in [3.05, 3.63) is 29.3 Å². The Kier molecular flexibility index (Phi) is 5.55. The van der Waals surface area contributed by atoms with Crippen LogP contribution in [0, 0.1) is 0 Å². The molecule has 28 heavy (non-hydrogen) atoms. The highest BCUT2D eigenvalue weighted by Gasteiger charge is 2.28. The fourth-order valence-electron chi connectivity index (χ4n) is 4.83. The molecule has 1 aromatic rings. The van der Waals surface area contributed by atoms with Crippen LogP contribution in [-0.2, 0) is 17.7 Å². The molecule has 1 saturated heterocycles. The second kappa shape index (κ2) is 7.94. The van der Waals surface area contributed by atoms with Gasteiger partial charge < -0.3 is 14.5 Å². The van der Waals surface area contributed by atoms with Crippen LogP contribution in [-0.4, -0.2) is 60.3 Å². The van der Waals surface area contributed by atoms with E-state index in [4.69, 9.17) is 4.74 Å². The van der Waals surface area contributed by atoms with Crippen molar-refractivity contribution in [3.63, 3.8) is 0 Å². The van der Waals surface area contributed by atoms with Crippen LogP contribution in [0.4, 0.5) is 10.5 Å². The first-order valence-electron chi connectivity index (χ1n) is 11.0. The van der Waals surface area contributed by atoms with Crippen LogP contribution in [0.1, 0.15) is 57.6 Å². The topological polar surface area (TPSA) is 36.0 Å². The molecule has 4 rings (SSSR count). The van der Waals surface area contributed by atoms with Gasteiger partial charge in [-0.1, -0.05) is 18.9 Å². The van der Waals surface area contributed by atoms with Gasteiger partial charge in [0.25, 0.3) is 0 Å². The maximum Gasteiger partial charge on any atom is 0.410 e. The Bertz CT molecular complexity index is 698. The zero-order valence-electron chi connectivity index (χ0n) is 17.7. The van der Waals surface area contributed by atoms with Crippen molar-refractivity contribution in [1.29, 1.82) is 0 Å². The SMILES string of the molecule is CC(C)(C)OC(=O)N1CCc2cc(N3CCN(C4CCCC4)CC3)ccc2C1. The van der Waals surface area contributed by atoms with Crippen molar-refractivity contribution in [3.8, 4) is 0 Å². The molecule has 5 nitrogen and oxygen atoms in total. The highest BCUT2D eigenvalue weighted by Crippen LogP contribution is 2.28. The van der Waals surface area contributed by atoms with E-state index in [2.05, 4.69) is 28.0 Å². The van der Waals surface area contributed by atoms with Crippen LogP contribution in [0.5, 0.6) is 0 Å². The zero-order valence-corrected chi connectivity index (χ0v) is 17.7. The molecule has 2 heterocycles. The summed E-state index contributed by atoms with van der Waals surface area (Å²) in [6.07, 6.45) is 6.32. The highest BCUT2D eigenvalue weighted by atomic mass is 16.6. The Labute approximate surface area is 169 Å². The summed E-state index contributed by atoms with van der Waals surface area (Å²) in [4.78, 5) is 19.4. The van der Waals surface area contributed by atoms with Crippen LogP contribution < -0.4 is 4.90 Å². The lowest BCUT2D eigenvalue weighted by Crippen LogP contribution is -2.49. The fourth-order valence-corrected chi connectivity index (χ4v) is 4.83. The number of ether oxygens (including phenoxy) is 1. The number of hydrogen-bond acceptors (Lipinski definition) is 4. The second-order valence-corrected chi connectivity index (χ2v) is 9.57. The van der Waals surface area contributed by atoms with Crippen molar-refractivity contribution in [2.24, 2.45) is 0 Å². The minimum absolute atomic E-state index is 0.203. The van der Waals surface area contributed by atoms with E-state index in [0.29, 0.717) is 6.54 Å². The number of nitrogens with zero attached hydrogens (tertiary/aromatic N) is 3. The molecule has 1 saturated carbocycles. The van der Waals surface area contributed by atoms with Crippen LogP contribution in [0.3, 0.4) is 0 Å². The number of fused-ring (bicyclic) bond motifs is 1. The van der Waals surface area contributed by atoms with Gasteiger partial charge in [0.15, 0.2) is 0 Å². The van der Waals surface area contributed by atoms with Gasteiger partial charge in [0.1, 0.15) is 5.60 Å². The molecule has 2 fully saturated rings. The molecule has 0 aromatic heterocycles. The fraction of sp³-hybridized carbons (Fsp3) is 0.696. The number of carbonyl (C=O) groups is 1. The standard InChI is InChI=1S/C23H35N3O2/c1-23(2,3)28-22(27)26-11-10-18-16-21(9-8-19(18)17-26)25-14-12-24(13-15-25)20-6-4-5-7-20/h8-9,16,20H,4-7,10-15,17H2,1-3H3. The molecule has 1 amide bonds. The zero-order chi connectivity index (χ0) is 19.7. The highest BCUT2D eigenvalue weighted by molar-refractivity contribution is 5.69. The molecule has 5 heteroatoms. The summed E-state index contributed by atoms with van der Waals surface area (Å²) in [5.74, 6) is 0. The van der Waals surface area contributed by atoms with E-state index in [1.165, 1.54) is 55.6 Å². The smallest absolute Gasteiger partial charge is 0.410 e. The number of hydrogen-bond donors (Lipinski definition) is 0. The predicted molar refractivity (Wildman–Crippen MR) is 113 cm³/mol. The number of amides is 1. The number of rotatable bonds is 2. The van der Waals surface area contributed by atoms with Gasteiger partial charge in [-0.05, 0) is 63.3 Å². The van der Waals surface area contributed by atoms with Crippen molar-refractivity contribution < 1.29 is 9.53 Å². The first kappa shape index (κ1) is 19.6. The van der Waals surface area contributed by atoms with Crippen LogP contribution in [0.15, 0.2) is 18.2 Å². The molecule has 0 atom stereocenters. The predicted octanol–water partition coefficient (Wildman–Crippen LogP) is 4.04. The molecular weight excluding hydrogens is 350 g/mol. The molecule has 3 aliphatic rings. The summed E-state index contributed by atoms with van der Waals surface area (Å²) < 4.78 is 5.54. The van der Waals surface area contributed by atoms with Gasteiger partial charge in [-0.25, -0.2) is 4.79 Å². The molecule has 0 bridgehead atoms. The van der Waals surface area contributed by atoms with E-state index in [0.717, 1.165) is 32.1 Å². The summed E-state index contributed by atoms with van der Waals surface area (Å²) in [6.45, 7) is 11.8. The quantitative estimate of drug-likeness (QED) is 0.770. The van der Waals surface area contributed by atoms with E-state index in [9.17, 15) is 4.79 Å². The third-order valence-electron chi connectivity index (χ3n) is 6.37. The van der Waals surface area contributed by atoms with Gasteiger partial charge in [0.05, 0.1) is 0 Å². The van der Waals surface area contributed by atoms with Crippen LogP contribution in [0.25, 0.3) is 0 Å². The van der Waals surface area contributed by atoms with Crippen molar-refractivity contribution in [2.45, 2.75) is 71.1 Å². The number of benzene rings is 1. The van der Waals surface area contributed by atoms with Gasteiger partial charge in [-0.15, -0.1) is 0 Å².